The minimum atomic E-state index is -0.444. The number of thiazole rings is 1. The predicted octanol–water partition coefficient (Wildman–Crippen LogP) is 1.58. The molecule has 1 amide bonds. The zero-order valence-electron chi connectivity index (χ0n) is 12.4. The number of aromatic nitrogens is 1. The maximum Gasteiger partial charge on any atom is 0.265 e. The highest BCUT2D eigenvalue weighted by Gasteiger charge is 2.41. The van der Waals surface area contributed by atoms with E-state index in [1.54, 1.807) is 7.11 Å². The fourth-order valence-electron chi connectivity index (χ4n) is 2.82. The smallest absolute Gasteiger partial charge is 0.265 e. The van der Waals surface area contributed by atoms with Crippen LogP contribution in [0.4, 0.5) is 0 Å². The second kappa shape index (κ2) is 6.00. The number of piperidine rings is 1. The van der Waals surface area contributed by atoms with Gasteiger partial charge in [-0.2, -0.15) is 0 Å². The van der Waals surface area contributed by atoms with Crippen LogP contribution in [0, 0.1) is 6.92 Å². The van der Waals surface area contributed by atoms with Crippen molar-refractivity contribution in [3.63, 3.8) is 0 Å². The van der Waals surface area contributed by atoms with Crippen molar-refractivity contribution >= 4 is 17.2 Å². The lowest BCUT2D eigenvalue weighted by Gasteiger charge is -2.37. The Morgan fingerprint density at radius 3 is 2.67 bits per heavy atom. The summed E-state index contributed by atoms with van der Waals surface area (Å²) < 4.78 is 16.5. The van der Waals surface area contributed by atoms with Gasteiger partial charge in [-0.15, -0.1) is 11.3 Å². The molecule has 0 radical (unpaired) electrons. The molecule has 1 aromatic rings. The highest BCUT2D eigenvalue weighted by Crippen LogP contribution is 2.32. The third kappa shape index (κ3) is 2.96. The monoisotopic (exact) mass is 312 g/mol. The fraction of sp³-hybridized carbons (Fsp3) is 0.714. The number of ether oxygens (including phenoxy) is 3. The summed E-state index contributed by atoms with van der Waals surface area (Å²) in [6.07, 6.45) is 1.48. The Morgan fingerprint density at radius 1 is 1.38 bits per heavy atom. The van der Waals surface area contributed by atoms with Gasteiger partial charge < -0.3 is 19.1 Å². The standard InChI is InChI=1S/C14H20N2O4S/c1-10-12(21-11(15-10)9-18-2)13(17)16-5-3-14(4-6-16)19-7-8-20-14/h3-9H2,1-2H3. The van der Waals surface area contributed by atoms with E-state index in [4.69, 9.17) is 14.2 Å². The van der Waals surface area contributed by atoms with Crippen molar-refractivity contribution in [1.82, 2.24) is 9.88 Å². The van der Waals surface area contributed by atoms with Crippen LogP contribution >= 0.6 is 11.3 Å². The van der Waals surface area contributed by atoms with Gasteiger partial charge in [-0.25, -0.2) is 4.98 Å². The van der Waals surface area contributed by atoms with E-state index in [1.807, 2.05) is 11.8 Å². The van der Waals surface area contributed by atoms with Crippen LogP contribution < -0.4 is 0 Å². The predicted molar refractivity (Wildman–Crippen MR) is 77.3 cm³/mol. The number of carbonyl (C=O) groups is 1. The quantitative estimate of drug-likeness (QED) is 0.848. The molecular weight excluding hydrogens is 292 g/mol. The van der Waals surface area contributed by atoms with E-state index in [0.29, 0.717) is 37.8 Å². The lowest BCUT2D eigenvalue weighted by Crippen LogP contribution is -2.47. The van der Waals surface area contributed by atoms with E-state index in [0.717, 1.165) is 23.5 Å². The molecule has 2 saturated heterocycles. The van der Waals surface area contributed by atoms with Gasteiger partial charge in [0.2, 0.25) is 0 Å². The number of nitrogens with zero attached hydrogens (tertiary/aromatic N) is 2. The second-order valence-corrected chi connectivity index (χ2v) is 6.44. The summed E-state index contributed by atoms with van der Waals surface area (Å²) in [4.78, 5) is 19.6. The molecule has 0 atom stereocenters. The van der Waals surface area contributed by atoms with Crippen LogP contribution in [-0.4, -0.2) is 55.0 Å². The summed E-state index contributed by atoms with van der Waals surface area (Å²) in [6, 6.07) is 0. The number of rotatable bonds is 3. The number of likely N-dealkylation sites (tertiary alicyclic amines) is 1. The van der Waals surface area contributed by atoms with Gasteiger partial charge in [-0.3, -0.25) is 4.79 Å². The number of amides is 1. The zero-order valence-corrected chi connectivity index (χ0v) is 13.2. The third-order valence-electron chi connectivity index (χ3n) is 3.93. The lowest BCUT2D eigenvalue weighted by molar-refractivity contribution is -0.181. The molecule has 1 spiro atoms. The maximum atomic E-state index is 12.6. The third-order valence-corrected chi connectivity index (χ3v) is 5.05. The first-order valence-electron chi connectivity index (χ1n) is 7.16. The molecule has 3 heterocycles. The molecule has 0 aromatic carbocycles. The maximum absolute atomic E-state index is 12.6. The molecular formula is C14H20N2O4S. The van der Waals surface area contributed by atoms with Crippen molar-refractivity contribution in [1.29, 1.82) is 0 Å². The minimum Gasteiger partial charge on any atom is -0.378 e. The van der Waals surface area contributed by atoms with Crippen LogP contribution in [0.1, 0.15) is 33.2 Å². The molecule has 3 rings (SSSR count). The summed E-state index contributed by atoms with van der Waals surface area (Å²) >= 11 is 1.42. The van der Waals surface area contributed by atoms with Gasteiger partial charge in [0, 0.05) is 33.0 Å². The number of methoxy groups -OCH3 is 1. The topological polar surface area (TPSA) is 60.9 Å². The molecule has 7 heteroatoms. The van der Waals surface area contributed by atoms with E-state index in [-0.39, 0.29) is 5.91 Å². The van der Waals surface area contributed by atoms with Crippen LogP contribution in [0.25, 0.3) is 0 Å². The summed E-state index contributed by atoms with van der Waals surface area (Å²) in [5.74, 6) is -0.388. The molecule has 2 aliphatic heterocycles. The van der Waals surface area contributed by atoms with Gasteiger partial charge in [0.25, 0.3) is 5.91 Å². The fourth-order valence-corrected chi connectivity index (χ4v) is 3.82. The van der Waals surface area contributed by atoms with E-state index >= 15 is 0 Å². The molecule has 1 aromatic heterocycles. The van der Waals surface area contributed by atoms with Crippen LogP contribution in [0.5, 0.6) is 0 Å². The highest BCUT2D eigenvalue weighted by molar-refractivity contribution is 7.13. The summed E-state index contributed by atoms with van der Waals surface area (Å²) in [7, 11) is 1.63. The Labute approximate surface area is 128 Å². The van der Waals surface area contributed by atoms with E-state index < -0.39 is 5.79 Å². The number of carbonyl (C=O) groups excluding carboxylic acids is 1. The van der Waals surface area contributed by atoms with Crippen molar-refractivity contribution in [3.8, 4) is 0 Å². The van der Waals surface area contributed by atoms with Crippen molar-refractivity contribution < 1.29 is 19.0 Å². The molecule has 21 heavy (non-hydrogen) atoms. The molecule has 116 valence electrons. The van der Waals surface area contributed by atoms with Crippen molar-refractivity contribution in [2.45, 2.75) is 32.2 Å². The van der Waals surface area contributed by atoms with Crippen LogP contribution in [0.15, 0.2) is 0 Å². The average molecular weight is 312 g/mol. The molecule has 0 bridgehead atoms. The number of hydrogen-bond donors (Lipinski definition) is 0. The number of aryl methyl sites for hydroxylation is 1. The van der Waals surface area contributed by atoms with Gasteiger partial charge in [-0.1, -0.05) is 0 Å². The Hall–Kier alpha value is -1.02. The molecule has 0 N–H and O–H groups in total. The lowest BCUT2D eigenvalue weighted by atomic mass is 10.0. The van der Waals surface area contributed by atoms with E-state index in [1.165, 1.54) is 11.3 Å². The Morgan fingerprint density at radius 2 is 2.05 bits per heavy atom. The van der Waals surface area contributed by atoms with Crippen LogP contribution in [0.2, 0.25) is 0 Å². The Kier molecular flexibility index (Phi) is 4.26. The SMILES string of the molecule is COCc1nc(C)c(C(=O)N2CCC3(CC2)OCCO3)s1. The van der Waals surface area contributed by atoms with Gasteiger partial charge in [0.05, 0.1) is 25.5 Å². The van der Waals surface area contributed by atoms with Crippen LogP contribution in [-0.2, 0) is 20.8 Å². The molecule has 2 aliphatic rings. The Bertz CT molecular complexity index is 515. The number of hydrogen-bond acceptors (Lipinski definition) is 6. The van der Waals surface area contributed by atoms with Crippen LogP contribution in [0.3, 0.4) is 0 Å². The molecule has 0 unspecified atom stereocenters. The van der Waals surface area contributed by atoms with Crippen molar-refractivity contribution in [2.24, 2.45) is 0 Å². The van der Waals surface area contributed by atoms with E-state index in [9.17, 15) is 4.79 Å². The largest absolute Gasteiger partial charge is 0.378 e. The van der Waals surface area contributed by atoms with Gasteiger partial charge >= 0.3 is 0 Å². The molecule has 0 aliphatic carbocycles. The van der Waals surface area contributed by atoms with Gasteiger partial charge in [0.15, 0.2) is 5.79 Å². The van der Waals surface area contributed by atoms with Crippen molar-refractivity contribution in [2.75, 3.05) is 33.4 Å². The van der Waals surface area contributed by atoms with Gasteiger partial charge in [-0.05, 0) is 6.92 Å². The summed E-state index contributed by atoms with van der Waals surface area (Å²) in [5, 5.41) is 0.842. The first kappa shape index (κ1) is 14.9. The summed E-state index contributed by atoms with van der Waals surface area (Å²) in [5.41, 5.74) is 0.783. The van der Waals surface area contributed by atoms with Crippen molar-refractivity contribution in [3.05, 3.63) is 15.6 Å². The molecule has 0 saturated carbocycles. The minimum absolute atomic E-state index is 0.0557. The van der Waals surface area contributed by atoms with Gasteiger partial charge in [0.1, 0.15) is 9.88 Å². The molecule has 2 fully saturated rings. The Balaban J connectivity index is 1.66. The highest BCUT2D eigenvalue weighted by atomic mass is 32.1. The summed E-state index contributed by atoms with van der Waals surface area (Å²) in [6.45, 7) is 4.96. The molecule has 6 nitrogen and oxygen atoms in total. The second-order valence-electron chi connectivity index (χ2n) is 5.35. The average Bonchev–Trinajstić information content (AvgIpc) is 3.07. The normalized spacial score (nSPS) is 21.1. The first-order valence-corrected chi connectivity index (χ1v) is 7.98. The zero-order chi connectivity index (χ0) is 14.9. The first-order chi connectivity index (χ1) is 10.1. The van der Waals surface area contributed by atoms with E-state index in [2.05, 4.69) is 4.98 Å².